The van der Waals surface area contributed by atoms with Crippen molar-refractivity contribution in [3.63, 3.8) is 0 Å². The van der Waals surface area contributed by atoms with E-state index in [9.17, 15) is 12.8 Å². The fourth-order valence-corrected chi connectivity index (χ4v) is 2.23. The van der Waals surface area contributed by atoms with Crippen LogP contribution in [0.2, 0.25) is 5.02 Å². The van der Waals surface area contributed by atoms with E-state index in [1.54, 1.807) is 12.1 Å². The summed E-state index contributed by atoms with van der Waals surface area (Å²) in [5.41, 5.74) is 0.844. The van der Waals surface area contributed by atoms with Gasteiger partial charge in [-0.05, 0) is 37.6 Å². The minimum absolute atomic E-state index is 0.0384. The van der Waals surface area contributed by atoms with Crippen LogP contribution in [-0.4, -0.2) is 20.7 Å². The Balaban J connectivity index is 2.45. The third-order valence-electron chi connectivity index (χ3n) is 2.50. The summed E-state index contributed by atoms with van der Waals surface area (Å²) in [7, 11) is -3.41. The second-order valence-electron chi connectivity index (χ2n) is 4.07. The highest BCUT2D eigenvalue weighted by molar-refractivity contribution is 7.89. The molecule has 0 aliphatic carbocycles. The maximum atomic E-state index is 13.0. The summed E-state index contributed by atoms with van der Waals surface area (Å²) >= 11 is 5.68. The third kappa shape index (κ3) is 5.30. The van der Waals surface area contributed by atoms with Gasteiger partial charge in [-0.15, -0.1) is 0 Å². The van der Waals surface area contributed by atoms with Crippen molar-refractivity contribution in [2.45, 2.75) is 19.4 Å². The number of nitrogens with one attached hydrogen (secondary N) is 1. The van der Waals surface area contributed by atoms with Gasteiger partial charge in [0.2, 0.25) is 10.0 Å². The molecule has 0 aromatic heterocycles. The van der Waals surface area contributed by atoms with Crippen molar-refractivity contribution < 1.29 is 12.8 Å². The Hall–Kier alpha value is -0.690. The van der Waals surface area contributed by atoms with Gasteiger partial charge in [0, 0.05) is 6.04 Å². The molecule has 102 valence electrons. The van der Waals surface area contributed by atoms with Crippen LogP contribution in [0.15, 0.2) is 18.2 Å². The molecule has 1 aromatic rings. The predicted octanol–water partition coefficient (Wildman–Crippen LogP) is 1.81. The zero-order valence-electron chi connectivity index (χ0n) is 9.99. The van der Waals surface area contributed by atoms with Gasteiger partial charge >= 0.3 is 0 Å². The Morgan fingerprint density at radius 3 is 2.72 bits per heavy atom. The van der Waals surface area contributed by atoms with Gasteiger partial charge in [0.15, 0.2) is 0 Å². The van der Waals surface area contributed by atoms with Crippen LogP contribution in [-0.2, 0) is 10.0 Å². The zero-order chi connectivity index (χ0) is 13.8. The highest BCUT2D eigenvalue weighted by Gasteiger charge is 2.08. The van der Waals surface area contributed by atoms with E-state index < -0.39 is 15.8 Å². The summed E-state index contributed by atoms with van der Waals surface area (Å²) in [6.07, 6.45) is 0.429. The van der Waals surface area contributed by atoms with Gasteiger partial charge in [0.05, 0.1) is 10.8 Å². The molecule has 1 aromatic carbocycles. The lowest BCUT2D eigenvalue weighted by Crippen LogP contribution is -2.24. The molecule has 0 radical (unpaired) electrons. The van der Waals surface area contributed by atoms with Gasteiger partial charge in [-0.25, -0.2) is 17.9 Å². The summed E-state index contributed by atoms with van der Waals surface area (Å²) < 4.78 is 34.4. The largest absolute Gasteiger partial charge is 0.310 e. The summed E-state index contributed by atoms with van der Waals surface area (Å²) in [5, 5.41) is 8.08. The summed E-state index contributed by atoms with van der Waals surface area (Å²) in [4.78, 5) is 0. The molecule has 7 heteroatoms. The van der Waals surface area contributed by atoms with E-state index in [0.29, 0.717) is 13.0 Å². The molecule has 4 nitrogen and oxygen atoms in total. The Kier molecular flexibility index (Phi) is 5.52. The van der Waals surface area contributed by atoms with E-state index in [1.807, 2.05) is 6.92 Å². The van der Waals surface area contributed by atoms with E-state index in [-0.39, 0.29) is 16.8 Å². The molecule has 1 unspecified atom stereocenters. The number of hydrogen-bond acceptors (Lipinski definition) is 3. The maximum absolute atomic E-state index is 13.0. The Morgan fingerprint density at radius 2 is 2.17 bits per heavy atom. The SMILES string of the molecule is CC(NCCCS(N)(=O)=O)c1ccc(F)c(Cl)c1. The standard InChI is InChI=1S/C11H16ClFN2O2S/c1-8(15-5-2-6-18(14,16)17)9-3-4-11(13)10(12)7-9/h3-4,7-8,15H,2,5-6H2,1H3,(H2,14,16,17). The minimum Gasteiger partial charge on any atom is -0.310 e. The van der Waals surface area contributed by atoms with Gasteiger partial charge in [0.25, 0.3) is 0 Å². The molecule has 0 heterocycles. The number of halogens is 2. The minimum atomic E-state index is -3.41. The number of hydrogen-bond donors (Lipinski definition) is 2. The first kappa shape index (κ1) is 15.4. The normalized spacial score (nSPS) is 13.6. The van der Waals surface area contributed by atoms with Gasteiger partial charge in [-0.1, -0.05) is 17.7 Å². The van der Waals surface area contributed by atoms with E-state index in [2.05, 4.69) is 5.32 Å². The number of rotatable bonds is 6. The smallest absolute Gasteiger partial charge is 0.209 e. The second kappa shape index (κ2) is 6.47. The van der Waals surface area contributed by atoms with Crippen molar-refractivity contribution in [2.24, 2.45) is 5.14 Å². The monoisotopic (exact) mass is 294 g/mol. The Morgan fingerprint density at radius 1 is 1.50 bits per heavy atom. The van der Waals surface area contributed by atoms with Crippen LogP contribution in [0.3, 0.4) is 0 Å². The molecule has 0 amide bonds. The van der Waals surface area contributed by atoms with Crippen LogP contribution in [0.4, 0.5) is 4.39 Å². The van der Waals surface area contributed by atoms with Crippen molar-refractivity contribution in [1.82, 2.24) is 5.32 Å². The lowest BCUT2D eigenvalue weighted by atomic mass is 10.1. The fourth-order valence-electron chi connectivity index (χ4n) is 1.49. The first-order valence-electron chi connectivity index (χ1n) is 5.48. The molecule has 3 N–H and O–H groups in total. The van der Waals surface area contributed by atoms with Crippen LogP contribution in [0.25, 0.3) is 0 Å². The number of nitrogens with two attached hydrogens (primary N) is 1. The first-order valence-corrected chi connectivity index (χ1v) is 7.58. The summed E-state index contributed by atoms with van der Waals surface area (Å²) in [6.45, 7) is 2.40. The van der Waals surface area contributed by atoms with Crippen molar-refractivity contribution in [3.05, 3.63) is 34.6 Å². The molecule has 0 saturated carbocycles. The first-order chi connectivity index (χ1) is 8.29. The van der Waals surface area contributed by atoms with Gasteiger partial charge in [-0.2, -0.15) is 0 Å². The van der Waals surface area contributed by atoms with E-state index in [1.165, 1.54) is 6.07 Å². The molecule has 1 atom stereocenters. The van der Waals surface area contributed by atoms with Crippen molar-refractivity contribution in [3.8, 4) is 0 Å². The van der Waals surface area contributed by atoms with E-state index in [0.717, 1.165) is 5.56 Å². The van der Waals surface area contributed by atoms with Crippen LogP contribution in [0.5, 0.6) is 0 Å². The average molecular weight is 295 g/mol. The number of sulfonamides is 1. The van der Waals surface area contributed by atoms with Gasteiger partial charge in [-0.3, -0.25) is 0 Å². The molecular formula is C11H16ClFN2O2S. The van der Waals surface area contributed by atoms with Gasteiger partial charge in [0.1, 0.15) is 5.82 Å². The molecule has 18 heavy (non-hydrogen) atoms. The van der Waals surface area contributed by atoms with Crippen LogP contribution in [0, 0.1) is 5.82 Å². The molecule has 0 aliphatic rings. The van der Waals surface area contributed by atoms with Crippen LogP contribution in [0.1, 0.15) is 24.9 Å². The van der Waals surface area contributed by atoms with Crippen LogP contribution >= 0.6 is 11.6 Å². The molecule has 1 rings (SSSR count). The quantitative estimate of drug-likeness (QED) is 0.786. The van der Waals surface area contributed by atoms with Crippen molar-refractivity contribution in [2.75, 3.05) is 12.3 Å². The summed E-state index contributed by atoms with van der Waals surface area (Å²) in [6, 6.07) is 4.45. The maximum Gasteiger partial charge on any atom is 0.209 e. The van der Waals surface area contributed by atoms with Crippen LogP contribution < -0.4 is 10.5 Å². The lowest BCUT2D eigenvalue weighted by molar-refractivity contribution is 0.559. The van der Waals surface area contributed by atoms with E-state index in [4.69, 9.17) is 16.7 Å². The Labute approximate surface area is 111 Å². The number of benzene rings is 1. The highest BCUT2D eigenvalue weighted by Crippen LogP contribution is 2.20. The average Bonchev–Trinajstić information content (AvgIpc) is 2.26. The lowest BCUT2D eigenvalue weighted by Gasteiger charge is -2.14. The predicted molar refractivity (Wildman–Crippen MR) is 70.4 cm³/mol. The summed E-state index contributed by atoms with van der Waals surface area (Å²) in [5.74, 6) is -0.515. The third-order valence-corrected chi connectivity index (χ3v) is 3.65. The molecule has 0 spiro atoms. The molecule has 0 bridgehead atoms. The highest BCUT2D eigenvalue weighted by atomic mass is 35.5. The number of primary sulfonamides is 1. The fraction of sp³-hybridized carbons (Fsp3) is 0.455. The molecule has 0 aliphatic heterocycles. The zero-order valence-corrected chi connectivity index (χ0v) is 11.6. The van der Waals surface area contributed by atoms with Crippen molar-refractivity contribution in [1.29, 1.82) is 0 Å². The molecule has 0 saturated heterocycles. The second-order valence-corrected chi connectivity index (χ2v) is 6.21. The van der Waals surface area contributed by atoms with Crippen molar-refractivity contribution >= 4 is 21.6 Å². The topological polar surface area (TPSA) is 72.2 Å². The van der Waals surface area contributed by atoms with E-state index >= 15 is 0 Å². The van der Waals surface area contributed by atoms with Gasteiger partial charge < -0.3 is 5.32 Å². The molecular weight excluding hydrogens is 279 g/mol. The Bertz CT molecular complexity index is 508. The molecule has 0 fully saturated rings.